The van der Waals surface area contributed by atoms with Gasteiger partial charge >= 0.3 is 5.97 Å². The highest BCUT2D eigenvalue weighted by Crippen LogP contribution is 2.46. The molecule has 1 aliphatic carbocycles. The average Bonchev–Trinajstić information content (AvgIpc) is 2.82. The summed E-state index contributed by atoms with van der Waals surface area (Å²) < 4.78 is 10.4. The topological polar surface area (TPSA) is 67.9 Å². The number of hydrogen-bond donors (Lipinski definition) is 1. The zero-order valence-electron chi connectivity index (χ0n) is 19.8. The van der Waals surface area contributed by atoms with E-state index in [9.17, 15) is 9.59 Å². The molecule has 0 saturated carbocycles. The van der Waals surface area contributed by atoms with Gasteiger partial charge in [0.15, 0.2) is 5.78 Å². The van der Waals surface area contributed by atoms with Crippen LogP contribution in [-0.4, -0.2) is 40.1 Å². The van der Waals surface area contributed by atoms with Crippen LogP contribution in [0.4, 0.5) is 5.69 Å². The molecule has 2 aliphatic rings. The molecule has 2 aromatic carbocycles. The second-order valence-corrected chi connectivity index (χ2v) is 8.77. The van der Waals surface area contributed by atoms with E-state index in [-0.39, 0.29) is 11.7 Å². The Bertz CT molecular complexity index is 1130. The number of methoxy groups -OCH3 is 2. The van der Waals surface area contributed by atoms with Crippen molar-refractivity contribution < 1.29 is 19.1 Å². The molecule has 172 valence electrons. The van der Waals surface area contributed by atoms with E-state index in [2.05, 4.69) is 5.32 Å². The minimum Gasteiger partial charge on any atom is -0.497 e. The Hall–Kier alpha value is -3.54. The van der Waals surface area contributed by atoms with Gasteiger partial charge in [-0.3, -0.25) is 4.79 Å². The van der Waals surface area contributed by atoms with Crippen LogP contribution in [0.15, 0.2) is 71.1 Å². The van der Waals surface area contributed by atoms with Crippen LogP contribution in [0, 0.1) is 0 Å². The minimum atomic E-state index is -0.450. The minimum absolute atomic E-state index is 0.0557. The van der Waals surface area contributed by atoms with Crippen molar-refractivity contribution in [1.29, 1.82) is 0 Å². The van der Waals surface area contributed by atoms with E-state index in [1.54, 1.807) is 7.11 Å². The van der Waals surface area contributed by atoms with Gasteiger partial charge in [-0.05, 0) is 54.7 Å². The number of ketones is 1. The third-order valence-electron chi connectivity index (χ3n) is 6.56. The zero-order valence-corrected chi connectivity index (χ0v) is 19.8. The average molecular weight is 447 g/mol. The van der Waals surface area contributed by atoms with Crippen molar-refractivity contribution in [2.45, 2.75) is 31.6 Å². The zero-order chi connectivity index (χ0) is 23.7. The molecule has 2 unspecified atom stereocenters. The third kappa shape index (κ3) is 4.25. The van der Waals surface area contributed by atoms with E-state index in [4.69, 9.17) is 9.47 Å². The highest BCUT2D eigenvalue weighted by molar-refractivity contribution is 6.04. The van der Waals surface area contributed by atoms with Gasteiger partial charge in [-0.1, -0.05) is 24.3 Å². The summed E-state index contributed by atoms with van der Waals surface area (Å²) in [5.74, 6) is 0.0471. The van der Waals surface area contributed by atoms with E-state index in [0.717, 1.165) is 34.0 Å². The number of dihydropyridines is 1. The number of ether oxygens (including phenoxy) is 2. The lowest BCUT2D eigenvalue weighted by atomic mass is 9.71. The molecule has 1 N–H and O–H groups in total. The number of rotatable bonds is 5. The Morgan fingerprint density at radius 3 is 2.18 bits per heavy atom. The third-order valence-corrected chi connectivity index (χ3v) is 6.56. The van der Waals surface area contributed by atoms with Crippen molar-refractivity contribution in [3.05, 3.63) is 82.2 Å². The van der Waals surface area contributed by atoms with Gasteiger partial charge in [-0.25, -0.2) is 4.79 Å². The van der Waals surface area contributed by atoms with Crippen molar-refractivity contribution in [1.82, 2.24) is 5.32 Å². The Labute approximate surface area is 194 Å². The predicted octanol–water partition coefficient (Wildman–Crippen LogP) is 4.30. The van der Waals surface area contributed by atoms with Gasteiger partial charge in [0.05, 0.1) is 19.8 Å². The van der Waals surface area contributed by atoms with E-state index >= 15 is 0 Å². The molecular weight excluding hydrogens is 416 g/mol. The SMILES string of the molecule is COC(=O)C1=C(C)NC2=C(C(=O)CC(c3ccc(OC)cc3)C2)C1c1ccc(N(C)C)cc1. The molecule has 0 aromatic heterocycles. The fourth-order valence-corrected chi connectivity index (χ4v) is 4.83. The molecule has 33 heavy (non-hydrogen) atoms. The van der Waals surface area contributed by atoms with Crippen LogP contribution in [0.2, 0.25) is 0 Å². The van der Waals surface area contributed by atoms with Crippen LogP contribution in [0.1, 0.15) is 42.7 Å². The number of allylic oxidation sites excluding steroid dienone is 3. The van der Waals surface area contributed by atoms with Crippen LogP contribution in [0.25, 0.3) is 0 Å². The van der Waals surface area contributed by atoms with E-state index in [0.29, 0.717) is 24.0 Å². The van der Waals surface area contributed by atoms with Crippen LogP contribution < -0.4 is 15.0 Å². The van der Waals surface area contributed by atoms with Crippen LogP contribution in [0.5, 0.6) is 5.75 Å². The number of carbonyl (C=O) groups excluding carboxylic acids is 2. The van der Waals surface area contributed by atoms with Gasteiger partial charge in [0, 0.05) is 49.1 Å². The summed E-state index contributed by atoms with van der Waals surface area (Å²) in [6, 6.07) is 15.9. The lowest BCUT2D eigenvalue weighted by Crippen LogP contribution is -2.36. The number of benzene rings is 2. The quantitative estimate of drug-likeness (QED) is 0.691. The smallest absolute Gasteiger partial charge is 0.336 e. The molecule has 0 bridgehead atoms. The first-order valence-corrected chi connectivity index (χ1v) is 11.1. The Balaban J connectivity index is 1.76. The predicted molar refractivity (Wildman–Crippen MR) is 128 cm³/mol. The molecule has 0 saturated heterocycles. The number of carbonyl (C=O) groups is 2. The highest BCUT2D eigenvalue weighted by Gasteiger charge is 2.41. The first kappa shape index (κ1) is 22.6. The standard InChI is InChI=1S/C27H30N2O4/c1-16-24(27(31)33-5)25(18-6-10-20(11-7-18)29(2)3)26-22(28-16)14-19(15-23(26)30)17-8-12-21(32-4)13-9-17/h6-13,19,25,28H,14-15H2,1-5H3. The molecule has 0 radical (unpaired) electrons. The number of anilines is 1. The van der Waals surface area contributed by atoms with Gasteiger partial charge in [0.2, 0.25) is 0 Å². The van der Waals surface area contributed by atoms with E-state index < -0.39 is 11.9 Å². The largest absolute Gasteiger partial charge is 0.497 e. The van der Waals surface area contributed by atoms with Crippen LogP contribution in [-0.2, 0) is 14.3 Å². The maximum absolute atomic E-state index is 13.6. The molecule has 4 rings (SSSR count). The first-order chi connectivity index (χ1) is 15.8. The van der Waals surface area contributed by atoms with Crippen LogP contribution >= 0.6 is 0 Å². The van der Waals surface area contributed by atoms with E-state index in [1.807, 2.05) is 74.4 Å². The maximum atomic E-state index is 13.6. The molecule has 1 heterocycles. The molecule has 0 fully saturated rings. The fourth-order valence-electron chi connectivity index (χ4n) is 4.83. The summed E-state index contributed by atoms with van der Waals surface area (Å²) in [5, 5.41) is 3.37. The molecule has 2 aromatic rings. The second-order valence-electron chi connectivity index (χ2n) is 8.77. The van der Waals surface area contributed by atoms with Crippen molar-refractivity contribution in [2.75, 3.05) is 33.2 Å². The first-order valence-electron chi connectivity index (χ1n) is 11.1. The molecule has 6 nitrogen and oxygen atoms in total. The molecule has 2 atom stereocenters. The highest BCUT2D eigenvalue weighted by atomic mass is 16.5. The molecule has 6 heteroatoms. The Morgan fingerprint density at radius 2 is 1.61 bits per heavy atom. The lowest BCUT2D eigenvalue weighted by molar-refractivity contribution is -0.136. The summed E-state index contributed by atoms with van der Waals surface area (Å²) in [5.41, 5.74) is 5.84. The molecule has 1 aliphatic heterocycles. The van der Waals surface area contributed by atoms with Crippen LogP contribution in [0.3, 0.4) is 0 Å². The summed E-state index contributed by atoms with van der Waals surface area (Å²) in [6.07, 6.45) is 1.10. The number of nitrogens with one attached hydrogen (secondary N) is 1. The Morgan fingerprint density at radius 1 is 0.970 bits per heavy atom. The number of hydrogen-bond acceptors (Lipinski definition) is 6. The fraction of sp³-hybridized carbons (Fsp3) is 0.333. The van der Waals surface area contributed by atoms with Crippen molar-refractivity contribution in [3.8, 4) is 5.75 Å². The van der Waals surface area contributed by atoms with Gasteiger partial charge in [-0.2, -0.15) is 0 Å². The number of Topliss-reactive ketones (excluding diaryl/α,β-unsaturated/α-hetero) is 1. The summed E-state index contributed by atoms with van der Waals surface area (Å²) in [7, 11) is 6.98. The maximum Gasteiger partial charge on any atom is 0.336 e. The normalized spacial score (nSPS) is 20.2. The lowest BCUT2D eigenvalue weighted by Gasteiger charge is -2.36. The summed E-state index contributed by atoms with van der Waals surface area (Å²) >= 11 is 0. The Kier molecular flexibility index (Phi) is 6.27. The van der Waals surface area contributed by atoms with Gasteiger partial charge in [0.25, 0.3) is 0 Å². The molecule has 0 amide bonds. The van der Waals surface area contributed by atoms with Gasteiger partial charge in [-0.15, -0.1) is 0 Å². The van der Waals surface area contributed by atoms with E-state index in [1.165, 1.54) is 7.11 Å². The number of esters is 1. The van der Waals surface area contributed by atoms with Crippen molar-refractivity contribution in [3.63, 3.8) is 0 Å². The van der Waals surface area contributed by atoms with Crippen molar-refractivity contribution in [2.24, 2.45) is 0 Å². The number of nitrogens with zero attached hydrogens (tertiary/aromatic N) is 1. The molecular formula is C27H30N2O4. The monoisotopic (exact) mass is 446 g/mol. The van der Waals surface area contributed by atoms with Gasteiger partial charge < -0.3 is 19.7 Å². The second kappa shape index (κ2) is 9.14. The van der Waals surface area contributed by atoms with Crippen molar-refractivity contribution >= 4 is 17.4 Å². The molecule has 0 spiro atoms. The summed E-state index contributed by atoms with van der Waals surface area (Å²) in [6.45, 7) is 1.87. The van der Waals surface area contributed by atoms with Gasteiger partial charge in [0.1, 0.15) is 5.75 Å². The summed E-state index contributed by atoms with van der Waals surface area (Å²) in [4.78, 5) is 28.4.